The number of halogens is 2. The van der Waals surface area contributed by atoms with E-state index in [0.29, 0.717) is 0 Å². The second-order valence-corrected chi connectivity index (χ2v) is 5.38. The van der Waals surface area contributed by atoms with Crippen molar-refractivity contribution in [3.63, 3.8) is 0 Å². The van der Waals surface area contributed by atoms with E-state index in [0.717, 1.165) is 6.07 Å². The largest absolute Gasteiger partial charge is 0.495 e. The van der Waals surface area contributed by atoms with Crippen LogP contribution in [0.25, 0.3) is 0 Å². The van der Waals surface area contributed by atoms with Crippen LogP contribution in [0, 0.1) is 0 Å². The van der Waals surface area contributed by atoms with Crippen molar-refractivity contribution in [1.29, 1.82) is 0 Å². The van der Waals surface area contributed by atoms with E-state index in [1.807, 2.05) is 0 Å². The standard InChI is InChI=1S/C10H15ClN2O3S.ClH/c1-6(12)10(11)7-3-4-8(16-2)9(5-7)17(13,14)15;/h3-6,10H,12H2,1-2H3,(H2,13,14,15);1H/i1D3;. The van der Waals surface area contributed by atoms with Crippen LogP contribution in [0.1, 0.15) is 21.9 Å². The summed E-state index contributed by atoms with van der Waals surface area (Å²) in [6.45, 7) is -2.46. The maximum Gasteiger partial charge on any atom is 0.241 e. The number of nitrogens with two attached hydrogens (primary N) is 2. The molecule has 1 rings (SSSR count). The summed E-state index contributed by atoms with van der Waals surface area (Å²) in [4.78, 5) is -0.277. The number of alkyl halides is 1. The molecule has 0 bridgehead atoms. The summed E-state index contributed by atoms with van der Waals surface area (Å²) in [7, 11) is -2.74. The number of sulfonamides is 1. The van der Waals surface area contributed by atoms with Crippen molar-refractivity contribution in [2.24, 2.45) is 10.9 Å². The van der Waals surface area contributed by atoms with Crippen molar-refractivity contribution in [2.45, 2.75) is 23.2 Å². The summed E-state index contributed by atoms with van der Waals surface area (Å²) in [5.41, 5.74) is 5.79. The van der Waals surface area contributed by atoms with Crippen LogP contribution >= 0.6 is 24.0 Å². The smallest absolute Gasteiger partial charge is 0.241 e. The molecule has 2 unspecified atom stereocenters. The van der Waals surface area contributed by atoms with Crippen molar-refractivity contribution in [3.05, 3.63) is 23.8 Å². The number of ether oxygens (including phenoxy) is 1. The molecule has 104 valence electrons. The number of primary sulfonamides is 1. The molecule has 0 heterocycles. The maximum absolute atomic E-state index is 11.5. The minimum absolute atomic E-state index is 0. The lowest BCUT2D eigenvalue weighted by molar-refractivity contribution is 0.402. The molecule has 1 aromatic rings. The Morgan fingerprint density at radius 2 is 2.11 bits per heavy atom. The highest BCUT2D eigenvalue weighted by Crippen LogP contribution is 2.30. The zero-order valence-electron chi connectivity index (χ0n) is 12.5. The Hall–Kier alpha value is -0.530. The molecule has 0 radical (unpaired) electrons. The van der Waals surface area contributed by atoms with Crippen LogP contribution in [-0.2, 0) is 10.0 Å². The number of methoxy groups -OCH3 is 1. The van der Waals surface area contributed by atoms with E-state index < -0.39 is 28.3 Å². The van der Waals surface area contributed by atoms with E-state index in [1.165, 1.54) is 19.2 Å². The molecule has 5 nitrogen and oxygen atoms in total. The van der Waals surface area contributed by atoms with Gasteiger partial charge in [-0.3, -0.25) is 0 Å². The predicted octanol–water partition coefficient (Wildman–Crippen LogP) is 1.39. The Kier molecular flexibility index (Phi) is 4.57. The van der Waals surface area contributed by atoms with E-state index in [4.69, 9.17) is 31.3 Å². The Balaban J connectivity index is 0.00000400. The summed E-state index contributed by atoms with van der Waals surface area (Å²) in [6, 6.07) is 2.61. The fraction of sp³-hybridized carbons (Fsp3) is 0.400. The molecule has 1 aromatic carbocycles. The molecular weight excluding hydrogens is 299 g/mol. The number of hydrogen-bond donors (Lipinski definition) is 2. The zero-order valence-corrected chi connectivity index (χ0v) is 11.8. The molecule has 4 N–H and O–H groups in total. The van der Waals surface area contributed by atoms with Crippen molar-refractivity contribution >= 4 is 34.0 Å². The molecule has 0 aliphatic carbocycles. The van der Waals surface area contributed by atoms with Gasteiger partial charge in [-0.15, -0.1) is 24.0 Å². The van der Waals surface area contributed by atoms with Gasteiger partial charge in [0, 0.05) is 10.2 Å². The molecular formula is C10H16Cl2N2O3S. The molecule has 0 spiro atoms. The van der Waals surface area contributed by atoms with E-state index in [2.05, 4.69) is 0 Å². The Morgan fingerprint density at radius 1 is 1.50 bits per heavy atom. The quantitative estimate of drug-likeness (QED) is 0.820. The molecule has 0 aromatic heterocycles. The topological polar surface area (TPSA) is 95.4 Å². The minimum Gasteiger partial charge on any atom is -0.495 e. The molecule has 18 heavy (non-hydrogen) atoms. The first-order valence-corrected chi connectivity index (χ1v) is 6.57. The summed E-state index contributed by atoms with van der Waals surface area (Å²) in [6.07, 6.45) is 0. The fourth-order valence-corrected chi connectivity index (χ4v) is 2.16. The fourth-order valence-electron chi connectivity index (χ4n) is 1.29. The first-order chi connectivity index (χ1) is 8.98. The summed E-state index contributed by atoms with van der Waals surface area (Å²) >= 11 is 6.00. The normalized spacial score (nSPS) is 17.7. The summed E-state index contributed by atoms with van der Waals surface area (Å²) in [5.74, 6) is 0.0440. The third kappa shape index (κ3) is 4.00. The highest BCUT2D eigenvalue weighted by Gasteiger charge is 2.19. The van der Waals surface area contributed by atoms with Crippen LogP contribution in [0.5, 0.6) is 5.75 Å². The predicted molar refractivity (Wildman–Crippen MR) is 73.9 cm³/mol. The molecule has 0 saturated heterocycles. The summed E-state index contributed by atoms with van der Waals surface area (Å²) in [5, 5.41) is 3.98. The molecule has 0 fully saturated rings. The van der Waals surface area contributed by atoms with Crippen LogP contribution < -0.4 is 15.6 Å². The monoisotopic (exact) mass is 317 g/mol. The lowest BCUT2D eigenvalue weighted by atomic mass is 10.1. The molecule has 0 aliphatic heterocycles. The summed E-state index contributed by atoms with van der Waals surface area (Å²) < 4.78 is 49.5. The van der Waals surface area contributed by atoms with E-state index in [-0.39, 0.29) is 28.6 Å². The van der Waals surface area contributed by atoms with Crippen LogP contribution in [0.4, 0.5) is 0 Å². The third-order valence-electron chi connectivity index (χ3n) is 2.13. The minimum atomic E-state index is -4.03. The van der Waals surface area contributed by atoms with E-state index in [9.17, 15) is 8.42 Å². The first kappa shape index (κ1) is 12.5. The number of hydrogen-bond acceptors (Lipinski definition) is 4. The Labute approximate surface area is 122 Å². The van der Waals surface area contributed by atoms with Gasteiger partial charge in [-0.05, 0) is 24.5 Å². The molecule has 8 heteroatoms. The second-order valence-electron chi connectivity index (χ2n) is 3.38. The average Bonchev–Trinajstić information content (AvgIpc) is 2.34. The lowest BCUT2D eigenvalue weighted by Gasteiger charge is -2.15. The highest BCUT2D eigenvalue weighted by molar-refractivity contribution is 7.89. The molecule has 0 saturated carbocycles. The number of benzene rings is 1. The lowest BCUT2D eigenvalue weighted by Crippen LogP contribution is -2.21. The van der Waals surface area contributed by atoms with Crippen LogP contribution in [0.3, 0.4) is 0 Å². The van der Waals surface area contributed by atoms with E-state index in [1.54, 1.807) is 0 Å². The highest BCUT2D eigenvalue weighted by atomic mass is 35.5. The van der Waals surface area contributed by atoms with Crippen molar-refractivity contribution in [2.75, 3.05) is 7.11 Å². The zero-order chi connectivity index (χ0) is 15.7. The van der Waals surface area contributed by atoms with Crippen molar-refractivity contribution in [1.82, 2.24) is 0 Å². The molecule has 0 aliphatic rings. The van der Waals surface area contributed by atoms with Gasteiger partial charge in [0.1, 0.15) is 10.6 Å². The van der Waals surface area contributed by atoms with Gasteiger partial charge in [0.25, 0.3) is 0 Å². The van der Waals surface area contributed by atoms with Gasteiger partial charge in [0.15, 0.2) is 0 Å². The van der Waals surface area contributed by atoms with Gasteiger partial charge in [0.05, 0.1) is 12.5 Å². The third-order valence-corrected chi connectivity index (χ3v) is 3.58. The average molecular weight is 318 g/mol. The van der Waals surface area contributed by atoms with Crippen molar-refractivity contribution < 1.29 is 17.3 Å². The van der Waals surface area contributed by atoms with Crippen LogP contribution in [0.2, 0.25) is 0 Å². The van der Waals surface area contributed by atoms with Crippen LogP contribution in [0.15, 0.2) is 23.1 Å². The van der Waals surface area contributed by atoms with Crippen molar-refractivity contribution in [3.8, 4) is 5.75 Å². The Morgan fingerprint density at radius 3 is 2.56 bits per heavy atom. The number of rotatable bonds is 4. The first-order valence-electron chi connectivity index (χ1n) is 6.09. The van der Waals surface area contributed by atoms with Gasteiger partial charge in [-0.25, -0.2) is 13.6 Å². The maximum atomic E-state index is 11.5. The second kappa shape index (κ2) is 6.58. The van der Waals surface area contributed by atoms with Gasteiger partial charge in [-0.1, -0.05) is 6.07 Å². The van der Waals surface area contributed by atoms with Gasteiger partial charge in [0.2, 0.25) is 10.0 Å². The SMILES string of the molecule is Cl.[2H]C([2H])([2H])C(N)C(Cl)c1ccc(OC)c(S(N)(=O)=O)c1. The van der Waals surface area contributed by atoms with Gasteiger partial charge in [-0.2, -0.15) is 0 Å². The Bertz CT molecular complexity index is 596. The van der Waals surface area contributed by atoms with Crippen LogP contribution in [-0.4, -0.2) is 21.6 Å². The van der Waals surface area contributed by atoms with Gasteiger partial charge >= 0.3 is 0 Å². The molecule has 2 atom stereocenters. The van der Waals surface area contributed by atoms with E-state index >= 15 is 0 Å². The molecule has 0 amide bonds. The van der Waals surface area contributed by atoms with Gasteiger partial charge < -0.3 is 10.5 Å².